The van der Waals surface area contributed by atoms with Gasteiger partial charge in [-0.25, -0.2) is 13.2 Å². The van der Waals surface area contributed by atoms with Gasteiger partial charge < -0.3 is 10.5 Å². The topological polar surface area (TPSA) is 89.7 Å². The fourth-order valence-electron chi connectivity index (χ4n) is 2.63. The number of carbonyl (C=O) groups excluding carboxylic acids is 1. The molecule has 2 unspecified atom stereocenters. The Bertz CT molecular complexity index is 618. The SMILES string of the molecule is COC(=O)c1ccc(S(=O)(=O)N2CC(CN)CC2C)cc1.Cl. The van der Waals surface area contributed by atoms with Crippen molar-refractivity contribution in [1.29, 1.82) is 0 Å². The number of carbonyl (C=O) groups is 1. The van der Waals surface area contributed by atoms with E-state index in [0.717, 1.165) is 6.42 Å². The second-order valence-electron chi connectivity index (χ2n) is 5.28. The van der Waals surface area contributed by atoms with Gasteiger partial charge in [-0.3, -0.25) is 0 Å². The van der Waals surface area contributed by atoms with Gasteiger partial charge in [0.1, 0.15) is 0 Å². The van der Waals surface area contributed by atoms with E-state index >= 15 is 0 Å². The maximum absolute atomic E-state index is 12.6. The lowest BCUT2D eigenvalue weighted by Gasteiger charge is -2.21. The molecule has 2 rings (SSSR count). The molecule has 0 aliphatic carbocycles. The summed E-state index contributed by atoms with van der Waals surface area (Å²) in [5.41, 5.74) is 5.96. The first-order chi connectivity index (χ1) is 9.90. The maximum Gasteiger partial charge on any atom is 0.337 e. The van der Waals surface area contributed by atoms with E-state index in [2.05, 4.69) is 4.74 Å². The predicted octanol–water partition coefficient (Wildman–Crippen LogP) is 1.25. The maximum atomic E-state index is 12.6. The number of hydrogen-bond donors (Lipinski definition) is 1. The third kappa shape index (κ3) is 3.60. The number of halogens is 1. The quantitative estimate of drug-likeness (QED) is 0.827. The van der Waals surface area contributed by atoms with Crippen LogP contribution in [0.4, 0.5) is 0 Å². The zero-order valence-corrected chi connectivity index (χ0v) is 14.2. The van der Waals surface area contributed by atoms with Gasteiger partial charge in [0.25, 0.3) is 0 Å². The van der Waals surface area contributed by atoms with Gasteiger partial charge in [-0.2, -0.15) is 4.31 Å². The number of nitrogens with zero attached hydrogens (tertiary/aromatic N) is 1. The van der Waals surface area contributed by atoms with Gasteiger partial charge in [-0.15, -0.1) is 12.4 Å². The summed E-state index contributed by atoms with van der Waals surface area (Å²) in [4.78, 5) is 11.5. The average Bonchev–Trinajstić information content (AvgIpc) is 2.88. The minimum atomic E-state index is -3.55. The van der Waals surface area contributed by atoms with Crippen molar-refractivity contribution in [2.24, 2.45) is 11.7 Å². The van der Waals surface area contributed by atoms with Crippen LogP contribution in [-0.2, 0) is 14.8 Å². The molecule has 124 valence electrons. The number of esters is 1. The van der Waals surface area contributed by atoms with Crippen LogP contribution in [0.5, 0.6) is 0 Å². The number of hydrogen-bond acceptors (Lipinski definition) is 5. The Morgan fingerprint density at radius 3 is 2.41 bits per heavy atom. The Balaban J connectivity index is 0.00000242. The summed E-state index contributed by atoms with van der Waals surface area (Å²) in [6.07, 6.45) is 0.774. The largest absolute Gasteiger partial charge is 0.465 e. The van der Waals surface area contributed by atoms with Crippen molar-refractivity contribution < 1.29 is 17.9 Å². The zero-order valence-electron chi connectivity index (χ0n) is 12.6. The van der Waals surface area contributed by atoms with E-state index < -0.39 is 16.0 Å². The van der Waals surface area contributed by atoms with Gasteiger partial charge in [-0.05, 0) is 50.1 Å². The molecule has 6 nitrogen and oxygen atoms in total. The molecule has 1 aromatic carbocycles. The molecule has 0 bridgehead atoms. The Morgan fingerprint density at radius 1 is 1.36 bits per heavy atom. The molecule has 0 aromatic heterocycles. The highest BCUT2D eigenvalue weighted by atomic mass is 35.5. The summed E-state index contributed by atoms with van der Waals surface area (Å²) in [5.74, 6) is -0.291. The first-order valence-electron chi connectivity index (χ1n) is 6.80. The van der Waals surface area contributed by atoms with Crippen molar-refractivity contribution in [3.8, 4) is 0 Å². The van der Waals surface area contributed by atoms with E-state index in [4.69, 9.17) is 5.73 Å². The highest BCUT2D eigenvalue weighted by Gasteiger charge is 2.37. The molecule has 0 saturated carbocycles. The van der Waals surface area contributed by atoms with Gasteiger partial charge in [0, 0.05) is 12.6 Å². The van der Waals surface area contributed by atoms with Crippen LogP contribution in [0, 0.1) is 5.92 Å². The van der Waals surface area contributed by atoms with Crippen molar-refractivity contribution in [2.75, 3.05) is 20.2 Å². The van der Waals surface area contributed by atoms with Gasteiger partial charge in [-0.1, -0.05) is 0 Å². The van der Waals surface area contributed by atoms with E-state index in [1.807, 2.05) is 6.92 Å². The van der Waals surface area contributed by atoms with Crippen molar-refractivity contribution >= 4 is 28.4 Å². The highest BCUT2D eigenvalue weighted by molar-refractivity contribution is 7.89. The molecule has 22 heavy (non-hydrogen) atoms. The molecule has 1 heterocycles. The third-order valence-electron chi connectivity index (χ3n) is 3.82. The summed E-state index contributed by atoms with van der Waals surface area (Å²) in [5, 5.41) is 0. The van der Waals surface area contributed by atoms with Crippen molar-refractivity contribution in [1.82, 2.24) is 4.31 Å². The lowest BCUT2D eigenvalue weighted by atomic mass is 10.1. The molecule has 1 aliphatic heterocycles. The molecule has 0 radical (unpaired) electrons. The van der Waals surface area contributed by atoms with E-state index in [-0.39, 0.29) is 29.3 Å². The molecule has 2 atom stereocenters. The summed E-state index contributed by atoms with van der Waals surface area (Å²) in [6.45, 7) is 2.81. The average molecular weight is 349 g/mol. The molecular weight excluding hydrogens is 328 g/mol. The van der Waals surface area contributed by atoms with Crippen molar-refractivity contribution in [3.63, 3.8) is 0 Å². The summed E-state index contributed by atoms with van der Waals surface area (Å²) in [7, 11) is -2.27. The molecule has 0 amide bonds. The zero-order chi connectivity index (χ0) is 15.6. The summed E-state index contributed by atoms with van der Waals surface area (Å²) in [6, 6.07) is 5.72. The van der Waals surface area contributed by atoms with E-state index in [9.17, 15) is 13.2 Å². The lowest BCUT2D eigenvalue weighted by molar-refractivity contribution is 0.0600. The highest BCUT2D eigenvalue weighted by Crippen LogP contribution is 2.29. The van der Waals surface area contributed by atoms with Gasteiger partial charge in [0.05, 0.1) is 17.6 Å². The number of nitrogens with two attached hydrogens (primary N) is 1. The lowest BCUT2D eigenvalue weighted by Crippen LogP contribution is -2.34. The Labute approximate surface area is 137 Å². The van der Waals surface area contributed by atoms with Crippen LogP contribution < -0.4 is 5.73 Å². The molecule has 1 fully saturated rings. The van der Waals surface area contributed by atoms with Crippen LogP contribution in [-0.4, -0.2) is 44.9 Å². The Hall–Kier alpha value is -1.15. The van der Waals surface area contributed by atoms with E-state index in [0.29, 0.717) is 18.7 Å². The summed E-state index contributed by atoms with van der Waals surface area (Å²) < 4.78 is 31.3. The fourth-order valence-corrected chi connectivity index (χ4v) is 4.35. The van der Waals surface area contributed by atoms with Crippen LogP contribution in [0.15, 0.2) is 29.2 Å². The first kappa shape index (κ1) is 18.9. The first-order valence-corrected chi connectivity index (χ1v) is 8.24. The second kappa shape index (κ2) is 7.41. The number of ether oxygens (including phenoxy) is 1. The number of benzene rings is 1. The second-order valence-corrected chi connectivity index (χ2v) is 7.17. The standard InChI is InChI=1S/C14H20N2O4S.ClH/c1-10-7-11(8-15)9-16(10)21(18,19)13-5-3-12(4-6-13)14(17)20-2;/h3-6,10-11H,7-9,15H2,1-2H3;1H. The smallest absolute Gasteiger partial charge is 0.337 e. The molecule has 1 aliphatic rings. The molecule has 1 aromatic rings. The minimum Gasteiger partial charge on any atom is -0.465 e. The van der Waals surface area contributed by atoms with E-state index in [1.165, 1.54) is 35.7 Å². The number of methoxy groups -OCH3 is 1. The van der Waals surface area contributed by atoms with Gasteiger partial charge in [0.2, 0.25) is 10.0 Å². The Morgan fingerprint density at radius 2 is 1.95 bits per heavy atom. The fraction of sp³-hybridized carbons (Fsp3) is 0.500. The van der Waals surface area contributed by atoms with Crippen LogP contribution in [0.25, 0.3) is 0 Å². The third-order valence-corrected chi connectivity index (χ3v) is 5.81. The minimum absolute atomic E-state index is 0. The van der Waals surface area contributed by atoms with Crippen LogP contribution >= 0.6 is 12.4 Å². The molecule has 2 N–H and O–H groups in total. The van der Waals surface area contributed by atoms with Crippen LogP contribution in [0.1, 0.15) is 23.7 Å². The van der Waals surface area contributed by atoms with Crippen LogP contribution in [0.3, 0.4) is 0 Å². The summed E-state index contributed by atoms with van der Waals surface area (Å²) >= 11 is 0. The normalized spacial score (nSPS) is 22.1. The Kier molecular flexibility index (Phi) is 6.37. The molecule has 0 spiro atoms. The number of sulfonamides is 1. The van der Waals surface area contributed by atoms with E-state index in [1.54, 1.807) is 0 Å². The van der Waals surface area contributed by atoms with Gasteiger partial charge in [0.15, 0.2) is 0 Å². The van der Waals surface area contributed by atoms with Crippen molar-refractivity contribution in [3.05, 3.63) is 29.8 Å². The van der Waals surface area contributed by atoms with Gasteiger partial charge >= 0.3 is 5.97 Å². The molecule has 1 saturated heterocycles. The predicted molar refractivity (Wildman–Crippen MR) is 85.5 cm³/mol. The van der Waals surface area contributed by atoms with Crippen molar-refractivity contribution in [2.45, 2.75) is 24.3 Å². The monoisotopic (exact) mass is 348 g/mol. The molecule has 8 heteroatoms. The molecular formula is C14H21ClN2O4S. The number of rotatable bonds is 4. The van der Waals surface area contributed by atoms with Crippen LogP contribution in [0.2, 0.25) is 0 Å².